The van der Waals surface area contributed by atoms with E-state index in [4.69, 9.17) is 9.15 Å². The van der Waals surface area contributed by atoms with Crippen LogP contribution >= 0.6 is 0 Å². The number of ether oxygens (including phenoxy) is 1. The Labute approximate surface area is 126 Å². The molecule has 0 aliphatic heterocycles. The van der Waals surface area contributed by atoms with Crippen LogP contribution in [0.3, 0.4) is 0 Å². The molecule has 114 valence electrons. The molecule has 1 unspecified atom stereocenters. The summed E-state index contributed by atoms with van der Waals surface area (Å²) < 4.78 is 12.1. The zero-order chi connectivity index (χ0) is 14.9. The van der Waals surface area contributed by atoms with Crippen molar-refractivity contribution in [1.82, 2.24) is 5.32 Å². The molecule has 3 nitrogen and oxygen atoms in total. The molecule has 0 amide bonds. The maximum absolute atomic E-state index is 6.11. The third-order valence-corrected chi connectivity index (χ3v) is 4.90. The number of fused-ring (bicyclic) bond motifs is 1. The van der Waals surface area contributed by atoms with E-state index in [1.165, 1.54) is 30.2 Å². The Hall–Kier alpha value is -1.32. The summed E-state index contributed by atoms with van der Waals surface area (Å²) >= 11 is 0. The summed E-state index contributed by atoms with van der Waals surface area (Å²) in [6.07, 6.45) is 5.94. The molecule has 0 spiro atoms. The van der Waals surface area contributed by atoms with Crippen LogP contribution in [0.2, 0.25) is 0 Å². The molecule has 21 heavy (non-hydrogen) atoms. The highest BCUT2D eigenvalue weighted by Crippen LogP contribution is 2.42. The highest BCUT2D eigenvalue weighted by Gasteiger charge is 2.41. The van der Waals surface area contributed by atoms with Gasteiger partial charge in [0.1, 0.15) is 11.3 Å². The van der Waals surface area contributed by atoms with Crippen LogP contribution in [-0.2, 0) is 4.74 Å². The number of rotatable bonds is 4. The average molecular weight is 287 g/mol. The molecule has 1 saturated carbocycles. The maximum Gasteiger partial charge on any atom is 0.134 e. The first-order valence-electron chi connectivity index (χ1n) is 7.91. The van der Waals surface area contributed by atoms with Crippen LogP contribution < -0.4 is 5.32 Å². The lowest BCUT2D eigenvalue weighted by molar-refractivity contribution is -0.0713. The Morgan fingerprint density at radius 1 is 1.19 bits per heavy atom. The van der Waals surface area contributed by atoms with Gasteiger partial charge in [0.05, 0.1) is 11.6 Å². The lowest BCUT2D eigenvalue weighted by atomic mass is 9.78. The van der Waals surface area contributed by atoms with Crippen LogP contribution in [0.25, 0.3) is 11.0 Å². The quantitative estimate of drug-likeness (QED) is 0.907. The molecule has 1 atom stereocenters. The molecule has 3 rings (SSSR count). The lowest BCUT2D eigenvalue weighted by Gasteiger charge is -2.41. The normalized spacial score (nSPS) is 19.8. The monoisotopic (exact) mass is 287 g/mol. The van der Waals surface area contributed by atoms with E-state index in [2.05, 4.69) is 36.5 Å². The van der Waals surface area contributed by atoms with E-state index in [0.29, 0.717) is 0 Å². The molecule has 3 heteroatoms. The lowest BCUT2D eigenvalue weighted by Crippen LogP contribution is -2.45. The van der Waals surface area contributed by atoms with Gasteiger partial charge >= 0.3 is 0 Å². The third-order valence-electron chi connectivity index (χ3n) is 4.90. The van der Waals surface area contributed by atoms with E-state index in [1.807, 2.05) is 14.2 Å². The van der Waals surface area contributed by atoms with Gasteiger partial charge in [-0.05, 0) is 45.0 Å². The minimum absolute atomic E-state index is 0.107. The van der Waals surface area contributed by atoms with E-state index in [-0.39, 0.29) is 11.6 Å². The summed E-state index contributed by atoms with van der Waals surface area (Å²) in [6, 6.07) is 8.60. The minimum Gasteiger partial charge on any atom is -0.459 e. The number of hydrogen-bond donors (Lipinski definition) is 1. The Kier molecular flexibility index (Phi) is 4.05. The molecule has 1 heterocycles. The van der Waals surface area contributed by atoms with Gasteiger partial charge in [0.25, 0.3) is 0 Å². The SMILES string of the molecule is CNC(c1cc2cc(C)ccc2o1)C1(OC)CCCCC1. The van der Waals surface area contributed by atoms with Gasteiger partial charge in [-0.15, -0.1) is 0 Å². The van der Waals surface area contributed by atoms with Crippen molar-refractivity contribution in [3.63, 3.8) is 0 Å². The van der Waals surface area contributed by atoms with Crippen LogP contribution in [0.4, 0.5) is 0 Å². The molecule has 1 aliphatic carbocycles. The van der Waals surface area contributed by atoms with Crippen LogP contribution in [-0.4, -0.2) is 19.8 Å². The summed E-state index contributed by atoms with van der Waals surface area (Å²) in [4.78, 5) is 0. The largest absolute Gasteiger partial charge is 0.459 e. The average Bonchev–Trinajstić information content (AvgIpc) is 2.91. The van der Waals surface area contributed by atoms with Gasteiger partial charge < -0.3 is 14.5 Å². The fraction of sp³-hybridized carbons (Fsp3) is 0.556. The molecule has 1 fully saturated rings. The summed E-state index contributed by atoms with van der Waals surface area (Å²) in [6.45, 7) is 2.11. The number of nitrogens with one attached hydrogen (secondary N) is 1. The van der Waals surface area contributed by atoms with Gasteiger partial charge in [0.15, 0.2) is 0 Å². The number of benzene rings is 1. The van der Waals surface area contributed by atoms with E-state index in [9.17, 15) is 0 Å². The predicted molar refractivity (Wildman–Crippen MR) is 85.6 cm³/mol. The number of aryl methyl sites for hydroxylation is 1. The van der Waals surface area contributed by atoms with Crippen LogP contribution in [0, 0.1) is 6.92 Å². The van der Waals surface area contributed by atoms with Gasteiger partial charge in [-0.1, -0.05) is 30.9 Å². The number of furan rings is 1. The van der Waals surface area contributed by atoms with Gasteiger partial charge in [-0.2, -0.15) is 0 Å². The van der Waals surface area contributed by atoms with Crippen molar-refractivity contribution in [1.29, 1.82) is 0 Å². The fourth-order valence-corrected chi connectivity index (χ4v) is 3.75. The zero-order valence-corrected chi connectivity index (χ0v) is 13.2. The Balaban J connectivity index is 2.00. The van der Waals surface area contributed by atoms with Crippen molar-refractivity contribution < 1.29 is 9.15 Å². The highest BCUT2D eigenvalue weighted by atomic mass is 16.5. The van der Waals surface area contributed by atoms with Crippen molar-refractivity contribution in [3.05, 3.63) is 35.6 Å². The Morgan fingerprint density at radius 2 is 1.95 bits per heavy atom. The standard InChI is InChI=1S/C18H25NO2/c1-13-7-8-15-14(11-13)12-16(21-15)17(19-2)18(20-3)9-5-4-6-10-18/h7-8,11-12,17,19H,4-6,9-10H2,1-3H3. The number of hydrogen-bond acceptors (Lipinski definition) is 3. The van der Waals surface area contributed by atoms with E-state index in [1.54, 1.807) is 0 Å². The Bertz CT molecular complexity index is 611. The van der Waals surface area contributed by atoms with Gasteiger partial charge in [0, 0.05) is 12.5 Å². The van der Waals surface area contributed by atoms with Gasteiger partial charge in [0.2, 0.25) is 0 Å². The summed E-state index contributed by atoms with van der Waals surface area (Å²) in [5, 5.41) is 4.61. The molecular formula is C18H25NO2. The highest BCUT2D eigenvalue weighted by molar-refractivity contribution is 5.78. The van der Waals surface area contributed by atoms with Gasteiger partial charge in [-0.25, -0.2) is 0 Å². The second-order valence-electron chi connectivity index (χ2n) is 6.24. The first-order valence-corrected chi connectivity index (χ1v) is 7.91. The molecule has 1 aromatic heterocycles. The summed E-state index contributed by atoms with van der Waals surface area (Å²) in [5.41, 5.74) is 2.07. The summed E-state index contributed by atoms with van der Waals surface area (Å²) in [5.74, 6) is 0.988. The zero-order valence-electron chi connectivity index (χ0n) is 13.2. The fourth-order valence-electron chi connectivity index (χ4n) is 3.75. The van der Waals surface area contributed by atoms with Crippen molar-refractivity contribution in [2.45, 2.75) is 50.7 Å². The predicted octanol–water partition coefficient (Wildman–Crippen LogP) is 4.35. The molecule has 0 saturated heterocycles. The third kappa shape index (κ3) is 2.60. The second kappa shape index (κ2) is 5.82. The van der Waals surface area contributed by atoms with Crippen molar-refractivity contribution in [2.75, 3.05) is 14.2 Å². The molecule has 2 aromatic rings. The first kappa shape index (κ1) is 14.6. The van der Waals surface area contributed by atoms with Crippen molar-refractivity contribution in [2.24, 2.45) is 0 Å². The number of methoxy groups -OCH3 is 1. The topological polar surface area (TPSA) is 34.4 Å². The molecule has 0 bridgehead atoms. The van der Waals surface area contributed by atoms with E-state index >= 15 is 0 Å². The molecule has 1 aromatic carbocycles. The van der Waals surface area contributed by atoms with Crippen LogP contribution in [0.1, 0.15) is 49.5 Å². The van der Waals surface area contributed by atoms with Crippen molar-refractivity contribution in [3.8, 4) is 0 Å². The molecular weight excluding hydrogens is 262 g/mol. The van der Waals surface area contributed by atoms with Gasteiger partial charge in [-0.3, -0.25) is 0 Å². The smallest absolute Gasteiger partial charge is 0.134 e. The second-order valence-corrected chi connectivity index (χ2v) is 6.24. The number of likely N-dealkylation sites (N-methyl/N-ethyl adjacent to an activating group) is 1. The van der Waals surface area contributed by atoms with E-state index in [0.717, 1.165) is 24.2 Å². The van der Waals surface area contributed by atoms with E-state index < -0.39 is 0 Å². The maximum atomic E-state index is 6.11. The Morgan fingerprint density at radius 3 is 2.62 bits per heavy atom. The van der Waals surface area contributed by atoms with Crippen LogP contribution in [0.5, 0.6) is 0 Å². The first-order chi connectivity index (χ1) is 10.2. The molecule has 1 N–H and O–H groups in total. The van der Waals surface area contributed by atoms with Crippen molar-refractivity contribution >= 4 is 11.0 Å². The summed E-state index contributed by atoms with van der Waals surface area (Å²) in [7, 11) is 3.83. The molecule has 0 radical (unpaired) electrons. The minimum atomic E-state index is -0.143. The van der Waals surface area contributed by atoms with Crippen LogP contribution in [0.15, 0.2) is 28.7 Å². The molecule has 1 aliphatic rings.